The SMILES string of the molecule is COC(=O)C1CCN(CCCCCCCCCBr)CC1. The van der Waals surface area contributed by atoms with Gasteiger partial charge in [0, 0.05) is 5.33 Å². The average Bonchev–Trinajstić information content (AvgIpc) is 2.50. The van der Waals surface area contributed by atoms with Gasteiger partial charge in [0.25, 0.3) is 0 Å². The molecule has 0 spiro atoms. The number of carbonyl (C=O) groups is 1. The molecule has 3 nitrogen and oxygen atoms in total. The Morgan fingerprint density at radius 1 is 1.05 bits per heavy atom. The van der Waals surface area contributed by atoms with Crippen molar-refractivity contribution in [3.63, 3.8) is 0 Å². The topological polar surface area (TPSA) is 29.5 Å². The predicted octanol–water partition coefficient (Wildman–Crippen LogP) is 4.00. The van der Waals surface area contributed by atoms with Crippen LogP contribution in [0.15, 0.2) is 0 Å². The van der Waals surface area contributed by atoms with Gasteiger partial charge in [-0.2, -0.15) is 0 Å². The summed E-state index contributed by atoms with van der Waals surface area (Å²) in [5.41, 5.74) is 0. The predicted molar refractivity (Wildman–Crippen MR) is 87.3 cm³/mol. The van der Waals surface area contributed by atoms with Gasteiger partial charge in [0.15, 0.2) is 0 Å². The number of piperidine rings is 1. The van der Waals surface area contributed by atoms with Crippen LogP contribution in [0.3, 0.4) is 0 Å². The van der Waals surface area contributed by atoms with Crippen LogP contribution >= 0.6 is 15.9 Å². The first-order valence-electron chi connectivity index (χ1n) is 8.14. The molecule has 0 aliphatic carbocycles. The van der Waals surface area contributed by atoms with Crippen LogP contribution in [0, 0.1) is 5.92 Å². The molecular weight excluding hydrogens is 318 g/mol. The fourth-order valence-corrected chi connectivity index (χ4v) is 3.27. The molecule has 0 atom stereocenters. The molecule has 0 bridgehead atoms. The molecule has 0 amide bonds. The zero-order valence-electron chi connectivity index (χ0n) is 12.9. The van der Waals surface area contributed by atoms with Gasteiger partial charge >= 0.3 is 5.97 Å². The molecule has 0 N–H and O–H groups in total. The summed E-state index contributed by atoms with van der Waals surface area (Å²) in [4.78, 5) is 13.9. The smallest absolute Gasteiger partial charge is 0.308 e. The second-order valence-electron chi connectivity index (χ2n) is 5.80. The molecule has 0 aromatic rings. The van der Waals surface area contributed by atoms with Crippen LogP contribution in [0.5, 0.6) is 0 Å². The molecule has 0 unspecified atom stereocenters. The first-order chi connectivity index (χ1) is 9.77. The number of unbranched alkanes of at least 4 members (excludes halogenated alkanes) is 6. The molecule has 0 aromatic carbocycles. The first-order valence-corrected chi connectivity index (χ1v) is 9.26. The van der Waals surface area contributed by atoms with Crippen molar-refractivity contribution in [3.8, 4) is 0 Å². The lowest BCUT2D eigenvalue weighted by molar-refractivity contribution is -0.147. The molecule has 0 aromatic heterocycles. The fourth-order valence-electron chi connectivity index (χ4n) is 2.87. The minimum atomic E-state index is -0.0203. The lowest BCUT2D eigenvalue weighted by atomic mass is 9.97. The van der Waals surface area contributed by atoms with Crippen LogP contribution in [0.4, 0.5) is 0 Å². The molecule has 0 radical (unpaired) electrons. The molecule has 1 fully saturated rings. The van der Waals surface area contributed by atoms with Gasteiger partial charge in [-0.25, -0.2) is 0 Å². The van der Waals surface area contributed by atoms with Crippen LogP contribution in [0.25, 0.3) is 0 Å². The number of nitrogens with zero attached hydrogens (tertiary/aromatic N) is 1. The minimum Gasteiger partial charge on any atom is -0.469 e. The van der Waals surface area contributed by atoms with Crippen molar-refractivity contribution in [2.24, 2.45) is 5.92 Å². The summed E-state index contributed by atoms with van der Waals surface area (Å²) < 4.78 is 4.82. The van der Waals surface area contributed by atoms with Gasteiger partial charge in [-0.05, 0) is 45.3 Å². The van der Waals surface area contributed by atoms with E-state index in [1.165, 1.54) is 58.6 Å². The van der Waals surface area contributed by atoms with Crippen molar-refractivity contribution >= 4 is 21.9 Å². The number of likely N-dealkylation sites (tertiary alicyclic amines) is 1. The van der Waals surface area contributed by atoms with E-state index >= 15 is 0 Å². The van der Waals surface area contributed by atoms with E-state index in [1.54, 1.807) is 0 Å². The fraction of sp³-hybridized carbons (Fsp3) is 0.938. The van der Waals surface area contributed by atoms with Crippen molar-refractivity contribution in [1.29, 1.82) is 0 Å². The van der Waals surface area contributed by atoms with Gasteiger partial charge in [-0.3, -0.25) is 4.79 Å². The summed E-state index contributed by atoms with van der Waals surface area (Å²) in [6.45, 7) is 3.32. The number of ether oxygens (including phenoxy) is 1. The van der Waals surface area contributed by atoms with E-state index in [9.17, 15) is 4.79 Å². The Morgan fingerprint density at radius 2 is 1.60 bits per heavy atom. The van der Waals surface area contributed by atoms with Crippen LogP contribution < -0.4 is 0 Å². The Balaban J connectivity index is 1.93. The highest BCUT2D eigenvalue weighted by Gasteiger charge is 2.24. The lowest BCUT2D eigenvalue weighted by Crippen LogP contribution is -2.37. The molecule has 1 aliphatic rings. The highest BCUT2D eigenvalue weighted by Crippen LogP contribution is 2.19. The summed E-state index contributed by atoms with van der Waals surface area (Å²) in [5, 5.41) is 1.15. The van der Waals surface area contributed by atoms with E-state index in [2.05, 4.69) is 20.8 Å². The van der Waals surface area contributed by atoms with Crippen LogP contribution in [0.1, 0.15) is 57.8 Å². The molecule has 118 valence electrons. The Labute approximate surface area is 132 Å². The molecule has 4 heteroatoms. The number of esters is 1. The summed E-state index contributed by atoms with van der Waals surface area (Å²) in [7, 11) is 1.49. The van der Waals surface area contributed by atoms with Crippen molar-refractivity contribution in [2.45, 2.75) is 57.8 Å². The van der Waals surface area contributed by atoms with Gasteiger partial charge in [-0.15, -0.1) is 0 Å². The number of hydrogen-bond donors (Lipinski definition) is 0. The summed E-state index contributed by atoms with van der Waals surface area (Å²) in [6, 6.07) is 0. The number of alkyl halides is 1. The Bertz CT molecular complexity index is 253. The Kier molecular flexibility index (Phi) is 10.4. The highest BCUT2D eigenvalue weighted by atomic mass is 79.9. The number of carbonyl (C=O) groups excluding carboxylic acids is 1. The third kappa shape index (κ3) is 7.63. The lowest BCUT2D eigenvalue weighted by Gasteiger charge is -2.30. The van der Waals surface area contributed by atoms with Crippen molar-refractivity contribution in [1.82, 2.24) is 4.90 Å². The maximum absolute atomic E-state index is 11.4. The molecule has 1 heterocycles. The van der Waals surface area contributed by atoms with Gasteiger partial charge in [0.2, 0.25) is 0 Å². The molecular formula is C16H30BrNO2. The number of rotatable bonds is 10. The van der Waals surface area contributed by atoms with Crippen molar-refractivity contribution in [2.75, 3.05) is 32.1 Å². The second kappa shape index (κ2) is 11.6. The standard InChI is InChI=1S/C16H30BrNO2/c1-20-16(19)15-9-13-18(14-10-15)12-8-6-4-2-3-5-7-11-17/h15H,2-14H2,1H3. The Morgan fingerprint density at radius 3 is 2.15 bits per heavy atom. The monoisotopic (exact) mass is 347 g/mol. The van der Waals surface area contributed by atoms with Gasteiger partial charge in [-0.1, -0.05) is 48.0 Å². The summed E-state index contributed by atoms with van der Waals surface area (Å²) in [6.07, 6.45) is 11.4. The van der Waals surface area contributed by atoms with Crippen LogP contribution in [0.2, 0.25) is 0 Å². The zero-order chi connectivity index (χ0) is 14.6. The highest BCUT2D eigenvalue weighted by molar-refractivity contribution is 9.09. The second-order valence-corrected chi connectivity index (χ2v) is 6.60. The molecule has 0 saturated carbocycles. The average molecular weight is 348 g/mol. The maximum atomic E-state index is 11.4. The van der Waals surface area contributed by atoms with Crippen LogP contribution in [-0.4, -0.2) is 42.9 Å². The van der Waals surface area contributed by atoms with E-state index in [0.29, 0.717) is 0 Å². The van der Waals surface area contributed by atoms with E-state index in [-0.39, 0.29) is 11.9 Å². The molecule has 20 heavy (non-hydrogen) atoms. The van der Waals surface area contributed by atoms with Gasteiger partial charge in [0.05, 0.1) is 13.0 Å². The Hall–Kier alpha value is -0.0900. The van der Waals surface area contributed by atoms with E-state index in [4.69, 9.17) is 4.74 Å². The normalized spacial score (nSPS) is 17.3. The third-order valence-electron chi connectivity index (χ3n) is 4.23. The van der Waals surface area contributed by atoms with E-state index in [0.717, 1.165) is 31.3 Å². The summed E-state index contributed by atoms with van der Waals surface area (Å²) >= 11 is 3.47. The van der Waals surface area contributed by atoms with Gasteiger partial charge in [0.1, 0.15) is 0 Å². The summed E-state index contributed by atoms with van der Waals surface area (Å²) in [5.74, 6) is 0.124. The van der Waals surface area contributed by atoms with E-state index in [1.807, 2.05) is 0 Å². The minimum absolute atomic E-state index is 0.0203. The third-order valence-corrected chi connectivity index (χ3v) is 4.79. The first kappa shape index (κ1) is 18.0. The molecule has 1 saturated heterocycles. The molecule has 1 rings (SSSR count). The van der Waals surface area contributed by atoms with Crippen LogP contribution in [-0.2, 0) is 9.53 Å². The maximum Gasteiger partial charge on any atom is 0.308 e. The number of halogens is 1. The van der Waals surface area contributed by atoms with Crippen molar-refractivity contribution < 1.29 is 9.53 Å². The van der Waals surface area contributed by atoms with E-state index < -0.39 is 0 Å². The van der Waals surface area contributed by atoms with Gasteiger partial charge < -0.3 is 9.64 Å². The number of methoxy groups -OCH3 is 1. The quantitative estimate of drug-likeness (QED) is 0.340. The zero-order valence-corrected chi connectivity index (χ0v) is 14.5. The van der Waals surface area contributed by atoms with Crippen molar-refractivity contribution in [3.05, 3.63) is 0 Å². The molecule has 1 aliphatic heterocycles. The number of hydrogen-bond acceptors (Lipinski definition) is 3. The largest absolute Gasteiger partial charge is 0.469 e.